The van der Waals surface area contributed by atoms with Crippen LogP contribution in [0.25, 0.3) is 0 Å². The van der Waals surface area contributed by atoms with Crippen molar-refractivity contribution in [3.8, 4) is 0 Å². The lowest BCUT2D eigenvalue weighted by molar-refractivity contribution is -0.127. The first-order valence-corrected chi connectivity index (χ1v) is 4.65. The lowest BCUT2D eigenvalue weighted by Crippen LogP contribution is -2.35. The summed E-state index contributed by atoms with van der Waals surface area (Å²) in [6.45, 7) is 0. The van der Waals surface area contributed by atoms with Gasteiger partial charge in [0.2, 0.25) is 0 Å². The van der Waals surface area contributed by atoms with E-state index >= 15 is 0 Å². The molecule has 2 rings (SSSR count). The quantitative estimate of drug-likeness (QED) is 0.751. The summed E-state index contributed by atoms with van der Waals surface area (Å²) in [5, 5.41) is 9.47. The molecular formula is C7H6N4O2S. The molecule has 1 atom stereocenters. The summed E-state index contributed by atoms with van der Waals surface area (Å²) in [6, 6.07) is 1.95. The van der Waals surface area contributed by atoms with Gasteiger partial charge in [-0.25, -0.2) is 4.79 Å². The summed E-state index contributed by atoms with van der Waals surface area (Å²) >= 11 is 1.38. The molecule has 0 saturated carbocycles. The van der Waals surface area contributed by atoms with Crippen molar-refractivity contribution >= 4 is 23.3 Å². The Hall–Kier alpha value is -1.76. The van der Waals surface area contributed by atoms with Gasteiger partial charge in [0.15, 0.2) is 6.04 Å². The zero-order valence-electron chi connectivity index (χ0n) is 6.95. The molecule has 1 aromatic rings. The fraction of sp³-hybridized carbons (Fsp3) is 0.143. The predicted molar refractivity (Wildman–Crippen MR) is 48.3 cm³/mol. The number of hydrogen-bond donors (Lipinski definition) is 1. The fourth-order valence-corrected chi connectivity index (χ4v) is 1.84. The topological polar surface area (TPSA) is 88.1 Å². The average Bonchev–Trinajstić information content (AvgIpc) is 2.71. The molecule has 0 aromatic carbocycles. The first-order valence-electron chi connectivity index (χ1n) is 3.77. The Balaban J connectivity index is 2.24. The second-order valence-corrected chi connectivity index (χ2v) is 3.59. The van der Waals surface area contributed by atoms with E-state index in [0.29, 0.717) is 5.01 Å². The minimum absolute atomic E-state index is 0.500. The molecule has 1 aliphatic heterocycles. The third-order valence-electron chi connectivity index (χ3n) is 1.72. The van der Waals surface area contributed by atoms with Crippen LogP contribution >= 0.6 is 11.3 Å². The molecule has 0 saturated heterocycles. The Labute approximate surface area is 83.0 Å². The van der Waals surface area contributed by atoms with Gasteiger partial charge in [-0.15, -0.1) is 16.3 Å². The number of urea groups is 1. The summed E-state index contributed by atoms with van der Waals surface area (Å²) in [6.07, 6.45) is 0. The van der Waals surface area contributed by atoms with Crippen molar-refractivity contribution in [3.63, 3.8) is 0 Å². The number of nitrogens with two attached hydrogens (primary N) is 1. The van der Waals surface area contributed by atoms with Crippen molar-refractivity contribution in [2.45, 2.75) is 6.04 Å². The Bertz CT molecular complexity index is 400. The minimum atomic E-state index is -0.905. The monoisotopic (exact) mass is 210 g/mol. The van der Waals surface area contributed by atoms with Gasteiger partial charge in [0.25, 0.3) is 5.91 Å². The van der Waals surface area contributed by atoms with E-state index in [4.69, 9.17) is 5.73 Å². The van der Waals surface area contributed by atoms with Crippen molar-refractivity contribution < 1.29 is 9.59 Å². The van der Waals surface area contributed by atoms with Gasteiger partial charge in [0.05, 0.1) is 0 Å². The van der Waals surface area contributed by atoms with E-state index in [0.717, 1.165) is 4.88 Å². The molecular weight excluding hydrogens is 204 g/mol. The first kappa shape index (κ1) is 8.82. The van der Waals surface area contributed by atoms with Gasteiger partial charge in [-0.05, 0) is 11.4 Å². The summed E-state index contributed by atoms with van der Waals surface area (Å²) in [4.78, 5) is 22.9. The fourth-order valence-electron chi connectivity index (χ4n) is 1.09. The van der Waals surface area contributed by atoms with Gasteiger partial charge < -0.3 is 5.73 Å². The Morgan fingerprint density at radius 3 is 2.93 bits per heavy atom. The molecule has 72 valence electrons. The minimum Gasteiger partial charge on any atom is -0.350 e. The van der Waals surface area contributed by atoms with E-state index in [9.17, 15) is 9.59 Å². The SMILES string of the molecule is NC(=O)N1N=NC(c2cccs2)C1=O. The maximum atomic E-state index is 11.5. The first-order chi connectivity index (χ1) is 6.70. The average molecular weight is 210 g/mol. The molecule has 0 radical (unpaired) electrons. The largest absolute Gasteiger partial charge is 0.350 e. The molecule has 0 aliphatic carbocycles. The second kappa shape index (κ2) is 3.18. The highest BCUT2D eigenvalue weighted by atomic mass is 32.1. The Kier molecular flexibility index (Phi) is 2.01. The highest BCUT2D eigenvalue weighted by Crippen LogP contribution is 2.29. The third-order valence-corrected chi connectivity index (χ3v) is 2.65. The van der Waals surface area contributed by atoms with E-state index in [1.807, 2.05) is 5.38 Å². The molecule has 2 N–H and O–H groups in total. The molecule has 14 heavy (non-hydrogen) atoms. The number of carbonyl (C=O) groups excluding carboxylic acids is 2. The van der Waals surface area contributed by atoms with Gasteiger partial charge >= 0.3 is 6.03 Å². The van der Waals surface area contributed by atoms with Crippen molar-refractivity contribution in [1.29, 1.82) is 0 Å². The second-order valence-electron chi connectivity index (χ2n) is 2.61. The van der Waals surface area contributed by atoms with Crippen LogP contribution in [0, 0.1) is 0 Å². The standard InChI is InChI=1S/C7H6N4O2S/c8-7(13)11-6(12)5(9-10-11)4-2-1-3-14-4/h1-3,5H,(H2,8,13). The molecule has 3 amide bonds. The number of carbonyl (C=O) groups is 2. The number of rotatable bonds is 1. The molecule has 1 aromatic heterocycles. The van der Waals surface area contributed by atoms with E-state index < -0.39 is 18.0 Å². The smallest absolute Gasteiger partial charge is 0.344 e. The molecule has 2 heterocycles. The van der Waals surface area contributed by atoms with Gasteiger partial charge in [-0.2, -0.15) is 5.11 Å². The molecule has 1 aliphatic rings. The highest BCUT2D eigenvalue weighted by Gasteiger charge is 2.35. The van der Waals surface area contributed by atoms with Gasteiger partial charge in [-0.3, -0.25) is 4.79 Å². The number of nitrogens with zero attached hydrogens (tertiary/aromatic N) is 3. The zero-order chi connectivity index (χ0) is 10.1. The molecule has 0 fully saturated rings. The number of primary amides is 1. The van der Waals surface area contributed by atoms with E-state index in [1.165, 1.54) is 11.3 Å². The van der Waals surface area contributed by atoms with Crippen LogP contribution in [0.5, 0.6) is 0 Å². The number of amides is 3. The van der Waals surface area contributed by atoms with Crippen molar-refractivity contribution in [1.82, 2.24) is 5.01 Å². The molecule has 1 unspecified atom stereocenters. The van der Waals surface area contributed by atoms with Crippen LogP contribution < -0.4 is 5.73 Å². The number of hydrogen-bond acceptors (Lipinski definition) is 5. The Morgan fingerprint density at radius 1 is 1.64 bits per heavy atom. The molecule has 0 spiro atoms. The third kappa shape index (κ3) is 1.27. The molecule has 0 bridgehead atoms. The summed E-state index contributed by atoms with van der Waals surface area (Å²) in [5.41, 5.74) is 4.92. The van der Waals surface area contributed by atoms with Crippen molar-refractivity contribution in [3.05, 3.63) is 22.4 Å². The van der Waals surface area contributed by atoms with E-state index in [-0.39, 0.29) is 0 Å². The van der Waals surface area contributed by atoms with Crippen LogP contribution in [0.3, 0.4) is 0 Å². The van der Waals surface area contributed by atoms with Crippen LogP contribution in [0.1, 0.15) is 10.9 Å². The lowest BCUT2D eigenvalue weighted by atomic mass is 10.2. The number of thiophene rings is 1. The summed E-state index contributed by atoms with van der Waals surface area (Å²) in [5.74, 6) is -0.500. The molecule has 7 heteroatoms. The summed E-state index contributed by atoms with van der Waals surface area (Å²) in [7, 11) is 0. The van der Waals surface area contributed by atoms with Crippen molar-refractivity contribution in [2.24, 2.45) is 16.1 Å². The highest BCUT2D eigenvalue weighted by molar-refractivity contribution is 7.10. The van der Waals surface area contributed by atoms with Crippen LogP contribution in [0.15, 0.2) is 27.9 Å². The van der Waals surface area contributed by atoms with Crippen LogP contribution in [-0.4, -0.2) is 16.9 Å². The maximum absolute atomic E-state index is 11.5. The lowest BCUT2D eigenvalue weighted by Gasteiger charge is -2.05. The maximum Gasteiger partial charge on any atom is 0.344 e. The van der Waals surface area contributed by atoms with Crippen molar-refractivity contribution in [2.75, 3.05) is 0 Å². The predicted octanol–water partition coefficient (Wildman–Crippen LogP) is 1.08. The number of imide groups is 1. The Morgan fingerprint density at radius 2 is 2.43 bits per heavy atom. The summed E-state index contributed by atoms with van der Waals surface area (Å²) < 4.78 is 0. The van der Waals surface area contributed by atoms with Gasteiger partial charge in [0.1, 0.15) is 0 Å². The van der Waals surface area contributed by atoms with Crippen LogP contribution in [0.4, 0.5) is 4.79 Å². The van der Waals surface area contributed by atoms with E-state index in [1.54, 1.807) is 12.1 Å². The normalized spacial score (nSPS) is 20.4. The van der Waals surface area contributed by atoms with Gasteiger partial charge in [0, 0.05) is 4.88 Å². The molecule has 6 nitrogen and oxygen atoms in total. The van der Waals surface area contributed by atoms with E-state index in [2.05, 4.69) is 10.3 Å². The van der Waals surface area contributed by atoms with Gasteiger partial charge in [-0.1, -0.05) is 11.3 Å². The van der Waals surface area contributed by atoms with Crippen LogP contribution in [-0.2, 0) is 4.79 Å². The van der Waals surface area contributed by atoms with Crippen LogP contribution in [0.2, 0.25) is 0 Å². The zero-order valence-corrected chi connectivity index (χ0v) is 7.77.